The fourth-order valence-corrected chi connectivity index (χ4v) is 1.89. The molecule has 0 aromatic carbocycles. The topological polar surface area (TPSA) is 81.0 Å². The van der Waals surface area contributed by atoms with Crippen molar-refractivity contribution in [2.24, 2.45) is 5.92 Å². The van der Waals surface area contributed by atoms with Crippen LogP contribution in [0.5, 0.6) is 0 Å². The molecule has 2 rings (SSSR count). The van der Waals surface area contributed by atoms with E-state index in [9.17, 15) is 4.79 Å². The number of carbonyl (C=O) groups is 1. The zero-order valence-electron chi connectivity index (χ0n) is 8.53. The van der Waals surface area contributed by atoms with Gasteiger partial charge in [0.25, 0.3) is 0 Å². The van der Waals surface area contributed by atoms with Crippen molar-refractivity contribution in [2.75, 3.05) is 12.3 Å². The van der Waals surface area contributed by atoms with Crippen molar-refractivity contribution < 1.29 is 9.53 Å². The van der Waals surface area contributed by atoms with Crippen LogP contribution in [-0.2, 0) is 4.74 Å². The largest absolute Gasteiger partial charge is 0.461 e. The molecule has 15 heavy (non-hydrogen) atoms. The molecule has 1 aliphatic rings. The highest BCUT2D eigenvalue weighted by atomic mass is 16.5. The summed E-state index contributed by atoms with van der Waals surface area (Å²) in [6, 6.07) is 1.48. The second kappa shape index (κ2) is 4.33. The van der Waals surface area contributed by atoms with E-state index in [0.29, 0.717) is 24.0 Å². The number of hydrogen-bond donors (Lipinski definition) is 2. The summed E-state index contributed by atoms with van der Waals surface area (Å²) in [4.78, 5) is 11.5. The van der Waals surface area contributed by atoms with Crippen LogP contribution in [0, 0.1) is 5.92 Å². The third-order valence-electron chi connectivity index (χ3n) is 2.74. The Balaban J connectivity index is 1.81. The number of carbonyl (C=O) groups excluding carboxylic acids is 1. The number of nitrogen functional groups attached to an aromatic ring is 1. The Hall–Kier alpha value is -1.52. The molecule has 0 unspecified atom stereocenters. The van der Waals surface area contributed by atoms with E-state index in [4.69, 9.17) is 10.5 Å². The molecule has 3 N–H and O–H groups in total. The summed E-state index contributed by atoms with van der Waals surface area (Å²) >= 11 is 0. The van der Waals surface area contributed by atoms with Gasteiger partial charge in [-0.1, -0.05) is 12.8 Å². The molecule has 0 saturated heterocycles. The van der Waals surface area contributed by atoms with E-state index in [1.165, 1.54) is 31.7 Å². The summed E-state index contributed by atoms with van der Waals surface area (Å²) in [6.45, 7) is 0.512. The molecule has 5 nitrogen and oxygen atoms in total. The van der Waals surface area contributed by atoms with Crippen LogP contribution in [0.25, 0.3) is 0 Å². The van der Waals surface area contributed by atoms with Crippen molar-refractivity contribution in [3.8, 4) is 0 Å². The standard InChI is InChI=1S/C10H15N3O2/c11-9-5-8(12-13-9)10(14)15-6-7-3-1-2-4-7/h5,7H,1-4,6H2,(H3,11,12,13). The maximum absolute atomic E-state index is 11.5. The van der Waals surface area contributed by atoms with Gasteiger partial charge >= 0.3 is 5.97 Å². The first-order valence-electron chi connectivity index (χ1n) is 5.23. The molecular weight excluding hydrogens is 194 g/mol. The van der Waals surface area contributed by atoms with E-state index in [0.717, 1.165) is 0 Å². The minimum absolute atomic E-state index is 0.308. The molecule has 82 valence electrons. The molecule has 1 aromatic heterocycles. The smallest absolute Gasteiger partial charge is 0.356 e. The lowest BCUT2D eigenvalue weighted by atomic mass is 10.1. The van der Waals surface area contributed by atoms with E-state index < -0.39 is 0 Å². The molecule has 5 heteroatoms. The number of H-pyrrole nitrogens is 1. The fourth-order valence-electron chi connectivity index (χ4n) is 1.89. The van der Waals surface area contributed by atoms with E-state index in [2.05, 4.69) is 10.2 Å². The number of aromatic nitrogens is 2. The molecule has 1 aliphatic carbocycles. The highest BCUT2D eigenvalue weighted by molar-refractivity contribution is 5.87. The fraction of sp³-hybridized carbons (Fsp3) is 0.600. The van der Waals surface area contributed by atoms with Crippen LogP contribution < -0.4 is 5.73 Å². The summed E-state index contributed by atoms with van der Waals surface area (Å²) in [6.07, 6.45) is 4.83. The SMILES string of the molecule is Nc1cc(C(=O)OCC2CCCC2)[nH]n1. The van der Waals surface area contributed by atoms with Gasteiger partial charge in [-0.3, -0.25) is 5.10 Å². The number of ether oxygens (including phenoxy) is 1. The highest BCUT2D eigenvalue weighted by Gasteiger charge is 2.18. The Bertz CT molecular complexity index is 342. The van der Waals surface area contributed by atoms with Gasteiger partial charge in [0.2, 0.25) is 0 Å². The number of aromatic amines is 1. The lowest BCUT2D eigenvalue weighted by molar-refractivity contribution is 0.0435. The average molecular weight is 209 g/mol. The normalized spacial score (nSPS) is 16.8. The molecule has 0 spiro atoms. The van der Waals surface area contributed by atoms with Gasteiger partial charge in [-0.05, 0) is 18.8 Å². The van der Waals surface area contributed by atoms with Crippen molar-refractivity contribution in [1.82, 2.24) is 10.2 Å². The van der Waals surface area contributed by atoms with E-state index in [1.807, 2.05) is 0 Å². The Morgan fingerprint density at radius 2 is 2.33 bits per heavy atom. The van der Waals surface area contributed by atoms with Crippen LogP contribution in [-0.4, -0.2) is 22.8 Å². The second-order valence-corrected chi connectivity index (χ2v) is 3.96. The Labute approximate surface area is 88.0 Å². The van der Waals surface area contributed by atoms with Crippen LogP contribution in [0.15, 0.2) is 6.07 Å². The third kappa shape index (κ3) is 2.49. The van der Waals surface area contributed by atoms with Gasteiger partial charge in [0.1, 0.15) is 11.5 Å². The van der Waals surface area contributed by atoms with Crippen molar-refractivity contribution in [2.45, 2.75) is 25.7 Å². The van der Waals surface area contributed by atoms with Gasteiger partial charge in [0.05, 0.1) is 6.61 Å². The van der Waals surface area contributed by atoms with Crippen molar-refractivity contribution in [1.29, 1.82) is 0 Å². The molecule has 0 bridgehead atoms. The summed E-state index contributed by atoms with van der Waals surface area (Å²) in [5.41, 5.74) is 5.71. The third-order valence-corrected chi connectivity index (χ3v) is 2.74. The summed E-state index contributed by atoms with van der Waals surface area (Å²) in [5, 5.41) is 6.20. The minimum atomic E-state index is -0.369. The Morgan fingerprint density at radius 3 is 2.93 bits per heavy atom. The van der Waals surface area contributed by atoms with Crippen molar-refractivity contribution in [3.05, 3.63) is 11.8 Å². The number of rotatable bonds is 3. The molecule has 0 aliphatic heterocycles. The number of esters is 1. The summed E-state index contributed by atoms with van der Waals surface area (Å²) < 4.78 is 5.16. The van der Waals surface area contributed by atoms with Crippen LogP contribution >= 0.6 is 0 Å². The van der Waals surface area contributed by atoms with Gasteiger partial charge in [-0.25, -0.2) is 4.79 Å². The maximum atomic E-state index is 11.5. The Morgan fingerprint density at radius 1 is 1.60 bits per heavy atom. The second-order valence-electron chi connectivity index (χ2n) is 3.96. The molecule has 1 saturated carbocycles. The predicted molar refractivity (Wildman–Crippen MR) is 55.2 cm³/mol. The molecule has 0 amide bonds. The minimum Gasteiger partial charge on any atom is -0.461 e. The quantitative estimate of drug-likeness (QED) is 0.736. The van der Waals surface area contributed by atoms with Gasteiger partial charge in [0.15, 0.2) is 0 Å². The number of nitrogens with two attached hydrogens (primary N) is 1. The van der Waals surface area contributed by atoms with Gasteiger partial charge in [-0.15, -0.1) is 0 Å². The number of anilines is 1. The van der Waals surface area contributed by atoms with Crippen molar-refractivity contribution >= 4 is 11.8 Å². The zero-order valence-corrected chi connectivity index (χ0v) is 8.53. The van der Waals surface area contributed by atoms with Gasteiger partial charge in [0, 0.05) is 6.07 Å². The maximum Gasteiger partial charge on any atom is 0.356 e. The predicted octanol–water partition coefficient (Wildman–Crippen LogP) is 1.34. The van der Waals surface area contributed by atoms with E-state index in [-0.39, 0.29) is 5.97 Å². The number of hydrogen-bond acceptors (Lipinski definition) is 4. The lowest BCUT2D eigenvalue weighted by Crippen LogP contribution is -2.12. The lowest BCUT2D eigenvalue weighted by Gasteiger charge is -2.08. The molecule has 0 radical (unpaired) electrons. The molecule has 1 aromatic rings. The van der Waals surface area contributed by atoms with Crippen LogP contribution in [0.1, 0.15) is 36.2 Å². The zero-order chi connectivity index (χ0) is 10.7. The van der Waals surface area contributed by atoms with Crippen molar-refractivity contribution in [3.63, 3.8) is 0 Å². The highest BCUT2D eigenvalue weighted by Crippen LogP contribution is 2.24. The van der Waals surface area contributed by atoms with Gasteiger partial charge < -0.3 is 10.5 Å². The van der Waals surface area contributed by atoms with Crippen LogP contribution in [0.3, 0.4) is 0 Å². The monoisotopic (exact) mass is 209 g/mol. The van der Waals surface area contributed by atoms with Crippen LogP contribution in [0.4, 0.5) is 5.82 Å². The first-order valence-corrected chi connectivity index (χ1v) is 5.23. The average Bonchev–Trinajstić information content (AvgIpc) is 2.84. The van der Waals surface area contributed by atoms with Crippen LogP contribution in [0.2, 0.25) is 0 Å². The Kier molecular flexibility index (Phi) is 2.89. The first kappa shape index (κ1) is 10.0. The number of nitrogens with one attached hydrogen (secondary N) is 1. The molecule has 1 fully saturated rings. The number of nitrogens with zero attached hydrogens (tertiary/aromatic N) is 1. The van der Waals surface area contributed by atoms with Gasteiger partial charge in [-0.2, -0.15) is 5.10 Å². The molecule has 1 heterocycles. The van der Waals surface area contributed by atoms with E-state index >= 15 is 0 Å². The van der Waals surface area contributed by atoms with E-state index in [1.54, 1.807) is 0 Å². The summed E-state index contributed by atoms with van der Waals surface area (Å²) in [5.74, 6) is 0.475. The molecule has 0 atom stereocenters. The first-order chi connectivity index (χ1) is 7.25. The molecular formula is C10H15N3O2. The summed E-state index contributed by atoms with van der Waals surface area (Å²) in [7, 11) is 0.